The molecule has 0 aliphatic rings. The second-order valence-corrected chi connectivity index (χ2v) is 4.75. The quantitative estimate of drug-likeness (QED) is 0.906. The molecule has 0 amide bonds. The van der Waals surface area contributed by atoms with Gasteiger partial charge in [-0.15, -0.1) is 0 Å². The van der Waals surface area contributed by atoms with Crippen LogP contribution in [0.5, 0.6) is 0 Å². The first kappa shape index (κ1) is 11.7. The zero-order chi connectivity index (χ0) is 11.7. The van der Waals surface area contributed by atoms with Crippen LogP contribution in [0.3, 0.4) is 0 Å². The van der Waals surface area contributed by atoms with Crippen LogP contribution in [0.2, 0.25) is 5.02 Å². The van der Waals surface area contributed by atoms with Crippen molar-refractivity contribution in [2.45, 2.75) is 13.0 Å². The number of hydrogen-bond donors (Lipinski definition) is 1. The Morgan fingerprint density at radius 2 is 2.12 bits per heavy atom. The number of furan rings is 1. The molecule has 1 atom stereocenters. The van der Waals surface area contributed by atoms with Gasteiger partial charge in [0.05, 0.1) is 10.7 Å². The molecule has 0 spiro atoms. The van der Waals surface area contributed by atoms with Crippen LogP contribution in [-0.2, 0) is 0 Å². The van der Waals surface area contributed by atoms with E-state index in [4.69, 9.17) is 16.0 Å². The highest BCUT2D eigenvalue weighted by Gasteiger charge is 2.19. The molecule has 0 aliphatic carbocycles. The standard InChI is InChI=1S/C12H10BrClO2/c1-7-8(3-2-4-10(7)14)11(15)12-9(13)5-6-16-12/h2-6,11,15H,1H3. The third-order valence-electron chi connectivity index (χ3n) is 2.50. The Hall–Kier alpha value is -0.770. The summed E-state index contributed by atoms with van der Waals surface area (Å²) in [6.07, 6.45) is 0.728. The predicted molar refractivity (Wildman–Crippen MR) is 66.7 cm³/mol. The summed E-state index contributed by atoms with van der Waals surface area (Å²) in [4.78, 5) is 0. The summed E-state index contributed by atoms with van der Waals surface area (Å²) in [6, 6.07) is 7.19. The molecule has 16 heavy (non-hydrogen) atoms. The number of aliphatic hydroxyl groups is 1. The van der Waals surface area contributed by atoms with Crippen LogP contribution >= 0.6 is 27.5 Å². The Kier molecular flexibility index (Phi) is 3.38. The van der Waals surface area contributed by atoms with E-state index in [1.807, 2.05) is 19.1 Å². The Labute approximate surface area is 107 Å². The summed E-state index contributed by atoms with van der Waals surface area (Å²) in [5, 5.41) is 10.8. The smallest absolute Gasteiger partial charge is 0.150 e. The second kappa shape index (κ2) is 4.62. The van der Waals surface area contributed by atoms with Gasteiger partial charge in [-0.1, -0.05) is 23.7 Å². The molecule has 2 nitrogen and oxygen atoms in total. The molecule has 84 valence electrons. The molecule has 2 rings (SSSR count). The van der Waals surface area contributed by atoms with Crippen molar-refractivity contribution in [2.24, 2.45) is 0 Å². The highest BCUT2D eigenvalue weighted by Crippen LogP contribution is 2.32. The number of halogens is 2. The van der Waals surface area contributed by atoms with E-state index in [-0.39, 0.29) is 0 Å². The SMILES string of the molecule is Cc1c(Cl)cccc1C(O)c1occc1Br. The Bertz CT molecular complexity index is 507. The van der Waals surface area contributed by atoms with E-state index >= 15 is 0 Å². The predicted octanol–water partition coefficient (Wildman–Crippen LogP) is 4.09. The second-order valence-electron chi connectivity index (χ2n) is 3.49. The molecule has 4 heteroatoms. The zero-order valence-corrected chi connectivity index (χ0v) is 10.9. The summed E-state index contributed by atoms with van der Waals surface area (Å²) in [5.41, 5.74) is 1.61. The van der Waals surface area contributed by atoms with Crippen LogP contribution in [0, 0.1) is 6.92 Å². The Morgan fingerprint density at radius 3 is 2.75 bits per heavy atom. The molecule has 0 fully saturated rings. The lowest BCUT2D eigenvalue weighted by molar-refractivity contribution is 0.187. The Morgan fingerprint density at radius 1 is 1.38 bits per heavy atom. The topological polar surface area (TPSA) is 33.4 Å². The van der Waals surface area contributed by atoms with Crippen LogP contribution in [0.4, 0.5) is 0 Å². The molecule has 0 radical (unpaired) electrons. The lowest BCUT2D eigenvalue weighted by Crippen LogP contribution is -2.01. The first-order valence-electron chi connectivity index (χ1n) is 4.77. The van der Waals surface area contributed by atoms with Gasteiger partial charge in [0.1, 0.15) is 6.10 Å². The molecule has 2 aromatic rings. The van der Waals surface area contributed by atoms with Crippen LogP contribution in [0.1, 0.15) is 23.0 Å². The normalized spacial score (nSPS) is 12.8. The number of benzene rings is 1. The summed E-state index contributed by atoms with van der Waals surface area (Å²) in [5.74, 6) is 0.491. The van der Waals surface area contributed by atoms with Gasteiger partial charge in [-0.05, 0) is 46.1 Å². The van der Waals surface area contributed by atoms with Crippen molar-refractivity contribution in [3.8, 4) is 0 Å². The third-order valence-corrected chi connectivity index (χ3v) is 3.56. The van der Waals surface area contributed by atoms with Gasteiger partial charge in [-0.3, -0.25) is 0 Å². The van der Waals surface area contributed by atoms with Crippen LogP contribution < -0.4 is 0 Å². The van der Waals surface area contributed by atoms with Crippen molar-refractivity contribution in [1.82, 2.24) is 0 Å². The molecular formula is C12H10BrClO2. The van der Waals surface area contributed by atoms with Crippen molar-refractivity contribution >= 4 is 27.5 Å². The molecule has 0 bridgehead atoms. The maximum atomic E-state index is 10.2. The minimum atomic E-state index is -0.803. The Balaban J connectivity index is 2.46. The molecule has 1 heterocycles. The fourth-order valence-corrected chi connectivity index (χ4v) is 2.16. The van der Waals surface area contributed by atoms with Gasteiger partial charge in [-0.2, -0.15) is 0 Å². The lowest BCUT2D eigenvalue weighted by atomic mass is 10.0. The maximum absolute atomic E-state index is 10.2. The van der Waals surface area contributed by atoms with Gasteiger partial charge in [0.15, 0.2) is 5.76 Å². The molecular weight excluding hydrogens is 291 g/mol. The molecule has 0 saturated carbocycles. The van der Waals surface area contributed by atoms with Crippen LogP contribution in [0.15, 0.2) is 39.4 Å². The fourth-order valence-electron chi connectivity index (χ4n) is 1.56. The average molecular weight is 302 g/mol. The molecule has 1 N–H and O–H groups in total. The van der Waals surface area contributed by atoms with Crippen molar-refractivity contribution in [2.75, 3.05) is 0 Å². The first-order valence-corrected chi connectivity index (χ1v) is 5.94. The van der Waals surface area contributed by atoms with Gasteiger partial charge < -0.3 is 9.52 Å². The summed E-state index contributed by atoms with van der Waals surface area (Å²) in [6.45, 7) is 1.87. The van der Waals surface area contributed by atoms with Crippen molar-refractivity contribution in [3.63, 3.8) is 0 Å². The van der Waals surface area contributed by atoms with Crippen molar-refractivity contribution < 1.29 is 9.52 Å². The van der Waals surface area contributed by atoms with E-state index in [1.165, 1.54) is 6.26 Å². The molecule has 1 aromatic heterocycles. The van der Waals surface area contributed by atoms with E-state index in [1.54, 1.807) is 12.1 Å². The minimum absolute atomic E-state index is 0.491. The molecule has 0 aliphatic heterocycles. The summed E-state index contributed by atoms with van der Waals surface area (Å²) < 4.78 is 5.98. The minimum Gasteiger partial charge on any atom is -0.465 e. The van der Waals surface area contributed by atoms with E-state index < -0.39 is 6.10 Å². The van der Waals surface area contributed by atoms with E-state index in [9.17, 15) is 5.11 Å². The summed E-state index contributed by atoms with van der Waals surface area (Å²) >= 11 is 9.33. The highest BCUT2D eigenvalue weighted by atomic mass is 79.9. The highest BCUT2D eigenvalue weighted by molar-refractivity contribution is 9.10. The third kappa shape index (κ3) is 2.03. The number of rotatable bonds is 2. The number of hydrogen-bond acceptors (Lipinski definition) is 2. The van der Waals surface area contributed by atoms with E-state index in [0.29, 0.717) is 10.8 Å². The van der Waals surface area contributed by atoms with Crippen molar-refractivity contribution in [1.29, 1.82) is 0 Å². The summed E-state index contributed by atoms with van der Waals surface area (Å²) in [7, 11) is 0. The maximum Gasteiger partial charge on any atom is 0.150 e. The zero-order valence-electron chi connectivity index (χ0n) is 8.58. The molecule has 1 aromatic carbocycles. The van der Waals surface area contributed by atoms with E-state index in [0.717, 1.165) is 15.6 Å². The van der Waals surface area contributed by atoms with Crippen molar-refractivity contribution in [3.05, 3.63) is 56.9 Å². The van der Waals surface area contributed by atoms with Crippen LogP contribution in [0.25, 0.3) is 0 Å². The lowest BCUT2D eigenvalue weighted by Gasteiger charge is -2.12. The molecule has 1 unspecified atom stereocenters. The average Bonchev–Trinajstić information content (AvgIpc) is 2.68. The molecule has 0 saturated heterocycles. The monoisotopic (exact) mass is 300 g/mol. The van der Waals surface area contributed by atoms with Gasteiger partial charge >= 0.3 is 0 Å². The van der Waals surface area contributed by atoms with Gasteiger partial charge in [0.25, 0.3) is 0 Å². The van der Waals surface area contributed by atoms with Gasteiger partial charge in [0, 0.05) is 5.02 Å². The number of aliphatic hydroxyl groups excluding tert-OH is 1. The van der Waals surface area contributed by atoms with Crippen LogP contribution in [-0.4, -0.2) is 5.11 Å². The first-order chi connectivity index (χ1) is 7.61. The van der Waals surface area contributed by atoms with Gasteiger partial charge in [-0.25, -0.2) is 0 Å². The fraction of sp³-hybridized carbons (Fsp3) is 0.167. The largest absolute Gasteiger partial charge is 0.465 e. The van der Waals surface area contributed by atoms with E-state index in [2.05, 4.69) is 15.9 Å². The van der Waals surface area contributed by atoms with Gasteiger partial charge in [0.2, 0.25) is 0 Å².